The highest BCUT2D eigenvalue weighted by Gasteiger charge is 2.19. The van der Waals surface area contributed by atoms with Crippen molar-refractivity contribution >= 4 is 17.5 Å². The molecule has 0 bridgehead atoms. The van der Waals surface area contributed by atoms with Gasteiger partial charge in [-0.3, -0.25) is 9.59 Å². The molecule has 5 heteroatoms. The summed E-state index contributed by atoms with van der Waals surface area (Å²) in [6.07, 6.45) is 2.09. The number of carbonyl (C=O) groups excluding carboxylic acids is 2. The largest absolute Gasteiger partial charge is 0.339 e. The molecule has 0 aliphatic carbocycles. The zero-order chi connectivity index (χ0) is 16.2. The SMILES string of the molecule is O=C(Nc1ccc(F)cc1)c1ccc(C(=O)N2CCCC2)cc1. The zero-order valence-corrected chi connectivity index (χ0v) is 12.6. The second-order valence-electron chi connectivity index (χ2n) is 5.54. The zero-order valence-electron chi connectivity index (χ0n) is 12.6. The third-order valence-corrected chi connectivity index (χ3v) is 3.89. The number of likely N-dealkylation sites (tertiary alicyclic amines) is 1. The van der Waals surface area contributed by atoms with E-state index in [-0.39, 0.29) is 17.6 Å². The number of anilines is 1. The predicted molar refractivity (Wildman–Crippen MR) is 85.9 cm³/mol. The predicted octanol–water partition coefficient (Wildman–Crippen LogP) is 3.31. The summed E-state index contributed by atoms with van der Waals surface area (Å²) in [5.74, 6) is -0.641. The second-order valence-corrected chi connectivity index (χ2v) is 5.54. The quantitative estimate of drug-likeness (QED) is 0.945. The van der Waals surface area contributed by atoms with Crippen molar-refractivity contribution in [1.82, 2.24) is 4.90 Å². The molecule has 1 aliphatic rings. The van der Waals surface area contributed by atoms with Crippen LogP contribution >= 0.6 is 0 Å². The molecule has 1 fully saturated rings. The molecule has 1 aliphatic heterocycles. The maximum Gasteiger partial charge on any atom is 0.255 e. The van der Waals surface area contributed by atoms with Crippen LogP contribution in [-0.2, 0) is 0 Å². The number of carbonyl (C=O) groups is 2. The molecule has 3 rings (SSSR count). The molecule has 0 aromatic heterocycles. The van der Waals surface area contributed by atoms with Gasteiger partial charge in [-0.25, -0.2) is 4.39 Å². The third kappa shape index (κ3) is 3.56. The molecular weight excluding hydrogens is 295 g/mol. The molecule has 0 unspecified atom stereocenters. The summed E-state index contributed by atoms with van der Waals surface area (Å²) in [4.78, 5) is 26.2. The van der Waals surface area contributed by atoms with Crippen LogP contribution in [0.25, 0.3) is 0 Å². The fourth-order valence-corrected chi connectivity index (χ4v) is 2.60. The van der Waals surface area contributed by atoms with Crippen LogP contribution in [0.1, 0.15) is 33.6 Å². The topological polar surface area (TPSA) is 49.4 Å². The van der Waals surface area contributed by atoms with Crippen molar-refractivity contribution in [2.45, 2.75) is 12.8 Å². The lowest BCUT2D eigenvalue weighted by atomic mass is 10.1. The lowest BCUT2D eigenvalue weighted by molar-refractivity contribution is 0.0792. The molecule has 1 saturated heterocycles. The molecule has 2 aromatic carbocycles. The first-order valence-corrected chi connectivity index (χ1v) is 7.60. The number of nitrogens with one attached hydrogen (secondary N) is 1. The number of hydrogen-bond acceptors (Lipinski definition) is 2. The van der Waals surface area contributed by atoms with E-state index in [9.17, 15) is 14.0 Å². The van der Waals surface area contributed by atoms with E-state index in [0.29, 0.717) is 16.8 Å². The van der Waals surface area contributed by atoms with E-state index in [4.69, 9.17) is 0 Å². The van der Waals surface area contributed by atoms with Gasteiger partial charge in [0.05, 0.1) is 0 Å². The fraction of sp³-hybridized carbons (Fsp3) is 0.222. The number of hydrogen-bond donors (Lipinski definition) is 1. The number of amides is 2. The maximum absolute atomic E-state index is 12.8. The minimum absolute atomic E-state index is 0.00740. The Kier molecular flexibility index (Phi) is 4.37. The van der Waals surface area contributed by atoms with Gasteiger partial charge in [0.2, 0.25) is 0 Å². The van der Waals surface area contributed by atoms with Crippen molar-refractivity contribution in [3.63, 3.8) is 0 Å². The van der Waals surface area contributed by atoms with E-state index in [0.717, 1.165) is 25.9 Å². The third-order valence-electron chi connectivity index (χ3n) is 3.89. The first-order valence-electron chi connectivity index (χ1n) is 7.60. The summed E-state index contributed by atoms with van der Waals surface area (Å²) in [7, 11) is 0. The van der Waals surface area contributed by atoms with Crippen LogP contribution in [0.2, 0.25) is 0 Å². The van der Waals surface area contributed by atoms with Crippen molar-refractivity contribution in [2.24, 2.45) is 0 Å². The summed E-state index contributed by atoms with van der Waals surface area (Å²) in [5, 5.41) is 2.69. The molecule has 23 heavy (non-hydrogen) atoms. The Balaban J connectivity index is 1.67. The molecule has 2 aromatic rings. The highest BCUT2D eigenvalue weighted by Crippen LogP contribution is 2.15. The van der Waals surface area contributed by atoms with Gasteiger partial charge < -0.3 is 10.2 Å². The molecule has 1 heterocycles. The van der Waals surface area contributed by atoms with Crippen LogP contribution in [0.3, 0.4) is 0 Å². The summed E-state index contributed by atoms with van der Waals surface area (Å²) < 4.78 is 12.8. The van der Waals surface area contributed by atoms with Crippen molar-refractivity contribution in [1.29, 1.82) is 0 Å². The molecule has 0 atom stereocenters. The van der Waals surface area contributed by atoms with Crippen molar-refractivity contribution in [2.75, 3.05) is 18.4 Å². The van der Waals surface area contributed by atoms with Crippen molar-refractivity contribution in [3.8, 4) is 0 Å². The van der Waals surface area contributed by atoms with Crippen LogP contribution in [-0.4, -0.2) is 29.8 Å². The van der Waals surface area contributed by atoms with E-state index in [1.54, 1.807) is 24.3 Å². The van der Waals surface area contributed by atoms with Gasteiger partial charge in [0, 0.05) is 29.9 Å². The van der Waals surface area contributed by atoms with E-state index < -0.39 is 0 Å². The normalized spacial score (nSPS) is 13.9. The smallest absolute Gasteiger partial charge is 0.255 e. The Morgan fingerprint density at radius 2 is 1.43 bits per heavy atom. The second kappa shape index (κ2) is 6.60. The lowest BCUT2D eigenvalue weighted by Crippen LogP contribution is -2.27. The summed E-state index contributed by atoms with van der Waals surface area (Å²) in [6, 6.07) is 12.2. The average Bonchev–Trinajstić information content (AvgIpc) is 3.11. The van der Waals surface area contributed by atoms with Gasteiger partial charge in [-0.1, -0.05) is 0 Å². The molecule has 0 radical (unpaired) electrons. The Labute approximate surface area is 133 Å². The number of rotatable bonds is 3. The van der Waals surface area contributed by atoms with Crippen molar-refractivity contribution in [3.05, 3.63) is 65.5 Å². The Bertz CT molecular complexity index is 705. The molecule has 0 saturated carbocycles. The molecule has 0 spiro atoms. The van der Waals surface area contributed by atoms with Gasteiger partial charge in [0.15, 0.2) is 0 Å². The standard InChI is InChI=1S/C18H17FN2O2/c19-15-7-9-16(10-8-15)20-17(22)13-3-5-14(6-4-13)18(23)21-11-1-2-12-21/h3-10H,1-2,11-12H2,(H,20,22). The van der Waals surface area contributed by atoms with Gasteiger partial charge in [0.1, 0.15) is 5.82 Å². The van der Waals surface area contributed by atoms with E-state index in [2.05, 4.69) is 5.32 Å². The summed E-state index contributed by atoms with van der Waals surface area (Å²) in [5.41, 5.74) is 1.56. The fourth-order valence-electron chi connectivity index (χ4n) is 2.60. The van der Waals surface area contributed by atoms with Gasteiger partial charge in [-0.05, 0) is 61.4 Å². The Hall–Kier alpha value is -2.69. The van der Waals surface area contributed by atoms with Gasteiger partial charge in [-0.2, -0.15) is 0 Å². The Morgan fingerprint density at radius 3 is 2.04 bits per heavy atom. The van der Waals surface area contributed by atoms with Crippen molar-refractivity contribution < 1.29 is 14.0 Å². The summed E-state index contributed by atoms with van der Waals surface area (Å²) in [6.45, 7) is 1.59. The minimum atomic E-state index is -0.354. The highest BCUT2D eigenvalue weighted by atomic mass is 19.1. The van der Waals surface area contributed by atoms with E-state index in [1.807, 2.05) is 4.90 Å². The highest BCUT2D eigenvalue weighted by molar-refractivity contribution is 6.05. The number of halogens is 1. The van der Waals surface area contributed by atoms with Gasteiger partial charge in [-0.15, -0.1) is 0 Å². The maximum atomic E-state index is 12.8. The van der Waals surface area contributed by atoms with Crippen LogP contribution in [0.5, 0.6) is 0 Å². The first-order chi connectivity index (χ1) is 11.1. The molecule has 4 nitrogen and oxygen atoms in total. The number of nitrogens with zero attached hydrogens (tertiary/aromatic N) is 1. The molecular formula is C18H17FN2O2. The van der Waals surface area contributed by atoms with Crippen LogP contribution < -0.4 is 5.32 Å². The van der Waals surface area contributed by atoms with E-state index >= 15 is 0 Å². The molecule has 2 amide bonds. The first kappa shape index (κ1) is 15.2. The van der Waals surface area contributed by atoms with Gasteiger partial charge >= 0.3 is 0 Å². The lowest BCUT2D eigenvalue weighted by Gasteiger charge is -2.15. The van der Waals surface area contributed by atoms with Crippen LogP contribution in [0.4, 0.5) is 10.1 Å². The number of benzene rings is 2. The van der Waals surface area contributed by atoms with Crippen LogP contribution in [0.15, 0.2) is 48.5 Å². The molecule has 118 valence electrons. The van der Waals surface area contributed by atoms with Crippen LogP contribution in [0, 0.1) is 5.82 Å². The minimum Gasteiger partial charge on any atom is -0.339 e. The van der Waals surface area contributed by atoms with Gasteiger partial charge in [0.25, 0.3) is 11.8 Å². The monoisotopic (exact) mass is 312 g/mol. The molecule has 1 N–H and O–H groups in total. The average molecular weight is 312 g/mol. The Morgan fingerprint density at radius 1 is 0.870 bits per heavy atom. The summed E-state index contributed by atoms with van der Waals surface area (Å²) >= 11 is 0. The van der Waals surface area contributed by atoms with E-state index in [1.165, 1.54) is 24.3 Å².